The monoisotopic (exact) mass is 486 g/mol. The van der Waals surface area contributed by atoms with Gasteiger partial charge in [-0.15, -0.1) is 0 Å². The average molecular weight is 487 g/mol. The summed E-state index contributed by atoms with van der Waals surface area (Å²) in [5.41, 5.74) is 0.241. The number of esters is 2. The number of Topliss-reactive ketones (excluding diaryl/α,β-unsaturated/α-hetero) is 1. The number of fused-ring (bicyclic) bond motifs is 5. The zero-order valence-electron chi connectivity index (χ0n) is 20.9. The lowest BCUT2D eigenvalue weighted by Crippen LogP contribution is -2.68. The van der Waals surface area contributed by atoms with Gasteiger partial charge in [0.1, 0.15) is 11.9 Å². The van der Waals surface area contributed by atoms with Crippen molar-refractivity contribution in [3.8, 4) is 0 Å². The van der Waals surface area contributed by atoms with E-state index < -0.39 is 52.4 Å². The van der Waals surface area contributed by atoms with Crippen LogP contribution in [-0.2, 0) is 23.9 Å². The van der Waals surface area contributed by atoms with Gasteiger partial charge in [0.15, 0.2) is 6.10 Å². The van der Waals surface area contributed by atoms with Crippen LogP contribution in [0.3, 0.4) is 0 Å². The lowest BCUT2D eigenvalue weighted by Gasteiger charge is -2.63. The summed E-state index contributed by atoms with van der Waals surface area (Å²) in [5.74, 6) is -3.07. The fourth-order valence-electron chi connectivity index (χ4n) is 8.18. The van der Waals surface area contributed by atoms with Crippen LogP contribution in [0.25, 0.3) is 0 Å². The molecule has 8 heteroatoms. The van der Waals surface area contributed by atoms with Crippen molar-refractivity contribution >= 4 is 17.7 Å². The highest BCUT2D eigenvalue weighted by Gasteiger charge is 2.69. The molecule has 0 amide bonds. The van der Waals surface area contributed by atoms with Gasteiger partial charge in [-0.2, -0.15) is 0 Å². The molecule has 1 aromatic heterocycles. The number of carbonyl (C=O) groups excluding carboxylic acids is 3. The molecular formula is C27H34O8. The van der Waals surface area contributed by atoms with Gasteiger partial charge < -0.3 is 24.1 Å². The van der Waals surface area contributed by atoms with Gasteiger partial charge in [-0.3, -0.25) is 9.59 Å². The third-order valence-corrected chi connectivity index (χ3v) is 9.83. The number of rotatable bonds is 3. The standard InChI is InChI=1S/C27H34O8/c1-25(2)20(19(29)24(32)33-5)27(4)16-6-8-26(3)17(14(16)10-15(21(25)30)22(27)31)11-18(28)35-23(26)13-7-9-34-12-13/h7,9,12,15-16,19-21,23,29-30H,6,8,10-11H2,1-5H3/t15?,16-,19+,20-,21+,23-,26+,27+/m0/s1. The Balaban J connectivity index is 1.69. The van der Waals surface area contributed by atoms with Gasteiger partial charge in [-0.25, -0.2) is 4.79 Å². The molecule has 35 heavy (non-hydrogen) atoms. The first kappa shape index (κ1) is 24.3. The second-order valence-electron chi connectivity index (χ2n) is 11.8. The molecule has 2 N–H and O–H groups in total. The summed E-state index contributed by atoms with van der Waals surface area (Å²) in [4.78, 5) is 39.2. The van der Waals surface area contributed by atoms with Crippen molar-refractivity contribution < 1.29 is 38.5 Å². The van der Waals surface area contributed by atoms with Gasteiger partial charge >= 0.3 is 11.9 Å². The Hall–Kier alpha value is -2.45. The molecular weight excluding hydrogens is 452 g/mol. The minimum Gasteiger partial charge on any atom is -0.472 e. The van der Waals surface area contributed by atoms with Crippen molar-refractivity contribution in [2.75, 3.05) is 7.11 Å². The number of carbonyl (C=O) groups is 3. The summed E-state index contributed by atoms with van der Waals surface area (Å²) in [6.07, 6.45) is 1.80. The van der Waals surface area contributed by atoms with Gasteiger partial charge in [0.2, 0.25) is 0 Å². The summed E-state index contributed by atoms with van der Waals surface area (Å²) >= 11 is 0. The third kappa shape index (κ3) is 3.08. The maximum Gasteiger partial charge on any atom is 0.335 e. The first-order valence-electron chi connectivity index (χ1n) is 12.3. The average Bonchev–Trinajstić information content (AvgIpc) is 3.34. The fraction of sp³-hybridized carbons (Fsp3) is 0.667. The first-order chi connectivity index (χ1) is 16.4. The predicted molar refractivity (Wildman–Crippen MR) is 123 cm³/mol. The van der Waals surface area contributed by atoms with Crippen LogP contribution >= 0.6 is 0 Å². The molecule has 3 aliphatic carbocycles. The van der Waals surface area contributed by atoms with E-state index in [1.54, 1.807) is 18.6 Å². The molecule has 1 aromatic rings. The van der Waals surface area contributed by atoms with Crippen LogP contribution in [0, 0.1) is 34.0 Å². The summed E-state index contributed by atoms with van der Waals surface area (Å²) < 4.78 is 16.0. The summed E-state index contributed by atoms with van der Waals surface area (Å²) in [5, 5.41) is 22.5. The Morgan fingerprint density at radius 2 is 1.94 bits per heavy atom. The van der Waals surface area contributed by atoms with E-state index in [0.717, 1.165) is 16.7 Å². The van der Waals surface area contributed by atoms with E-state index in [0.29, 0.717) is 19.3 Å². The van der Waals surface area contributed by atoms with Gasteiger partial charge in [0, 0.05) is 28.2 Å². The lowest BCUT2D eigenvalue weighted by atomic mass is 9.40. The van der Waals surface area contributed by atoms with Crippen molar-refractivity contribution in [1.29, 1.82) is 0 Å². The van der Waals surface area contributed by atoms with Crippen molar-refractivity contribution in [3.63, 3.8) is 0 Å². The zero-order valence-corrected chi connectivity index (χ0v) is 20.9. The quantitative estimate of drug-likeness (QED) is 0.493. The highest BCUT2D eigenvalue weighted by molar-refractivity contribution is 5.93. The van der Waals surface area contributed by atoms with Crippen LogP contribution in [0.15, 0.2) is 34.2 Å². The normalized spacial score (nSPS) is 40.9. The van der Waals surface area contributed by atoms with E-state index in [2.05, 4.69) is 6.92 Å². The lowest BCUT2D eigenvalue weighted by molar-refractivity contribution is -0.203. The SMILES string of the molecule is COC(=O)[C@H](O)[C@H]1C(C)(C)[C@H](O)C2CC3=C4CC(=O)O[C@@H](c5ccoc5)[C@]4(C)CC[C@@H]3[C@@]1(C)C2=O. The smallest absolute Gasteiger partial charge is 0.335 e. The number of ketones is 1. The maximum atomic E-state index is 13.9. The molecule has 2 saturated carbocycles. The second-order valence-corrected chi connectivity index (χ2v) is 11.8. The molecule has 1 saturated heterocycles. The van der Waals surface area contributed by atoms with E-state index in [4.69, 9.17) is 13.9 Å². The summed E-state index contributed by atoms with van der Waals surface area (Å²) in [7, 11) is 1.20. The van der Waals surface area contributed by atoms with Gasteiger partial charge in [0.05, 0.1) is 32.2 Å². The number of aliphatic hydroxyl groups is 2. The first-order valence-corrected chi connectivity index (χ1v) is 12.3. The van der Waals surface area contributed by atoms with Crippen LogP contribution in [0.1, 0.15) is 65.0 Å². The Labute approximate surface area is 204 Å². The molecule has 0 aromatic carbocycles. The van der Waals surface area contributed by atoms with Crippen LogP contribution in [0.4, 0.5) is 0 Å². The van der Waals surface area contributed by atoms with Crippen molar-refractivity contribution in [2.45, 2.75) is 71.7 Å². The molecule has 0 radical (unpaired) electrons. The number of aliphatic hydroxyl groups excluding tert-OH is 2. The number of furan rings is 1. The second kappa shape index (κ2) is 7.77. The molecule has 0 spiro atoms. The molecule has 5 rings (SSSR count). The third-order valence-electron chi connectivity index (χ3n) is 9.83. The van der Waals surface area contributed by atoms with Crippen LogP contribution in [0.2, 0.25) is 0 Å². The Morgan fingerprint density at radius 3 is 2.57 bits per heavy atom. The van der Waals surface area contributed by atoms with E-state index in [-0.39, 0.29) is 24.1 Å². The van der Waals surface area contributed by atoms with E-state index in [1.807, 2.05) is 20.8 Å². The van der Waals surface area contributed by atoms with Crippen molar-refractivity contribution in [3.05, 3.63) is 35.3 Å². The van der Waals surface area contributed by atoms with Crippen LogP contribution in [0.5, 0.6) is 0 Å². The number of methoxy groups -OCH3 is 1. The maximum absolute atomic E-state index is 13.9. The summed E-state index contributed by atoms with van der Waals surface area (Å²) in [6, 6.07) is 1.80. The molecule has 4 aliphatic rings. The number of hydrogen-bond donors (Lipinski definition) is 2. The highest BCUT2D eigenvalue weighted by atomic mass is 16.5. The molecule has 2 heterocycles. The minimum absolute atomic E-state index is 0.122. The Bertz CT molecular complexity index is 1100. The van der Waals surface area contributed by atoms with Gasteiger partial charge in [-0.05, 0) is 42.2 Å². The largest absolute Gasteiger partial charge is 0.472 e. The van der Waals surface area contributed by atoms with E-state index in [9.17, 15) is 24.6 Å². The summed E-state index contributed by atoms with van der Waals surface area (Å²) in [6.45, 7) is 7.54. The molecule has 8 nitrogen and oxygen atoms in total. The molecule has 1 unspecified atom stereocenters. The number of cyclic esters (lactones) is 1. The number of allylic oxidation sites excluding steroid dienone is 1. The van der Waals surface area contributed by atoms with Gasteiger partial charge in [-0.1, -0.05) is 33.3 Å². The van der Waals surface area contributed by atoms with Crippen LogP contribution < -0.4 is 0 Å². The molecule has 8 atom stereocenters. The van der Waals surface area contributed by atoms with Crippen molar-refractivity contribution in [1.82, 2.24) is 0 Å². The predicted octanol–water partition coefficient (Wildman–Crippen LogP) is 3.13. The number of hydrogen-bond acceptors (Lipinski definition) is 8. The van der Waals surface area contributed by atoms with Crippen LogP contribution in [-0.4, -0.2) is 47.3 Å². The highest BCUT2D eigenvalue weighted by Crippen LogP contribution is 2.67. The van der Waals surface area contributed by atoms with Gasteiger partial charge in [0.25, 0.3) is 0 Å². The van der Waals surface area contributed by atoms with Crippen molar-refractivity contribution in [2.24, 2.45) is 34.0 Å². The number of ether oxygens (including phenoxy) is 2. The Kier molecular flexibility index (Phi) is 5.39. The Morgan fingerprint density at radius 1 is 1.23 bits per heavy atom. The fourth-order valence-corrected chi connectivity index (χ4v) is 8.18. The molecule has 3 fully saturated rings. The molecule has 2 bridgehead atoms. The van der Waals surface area contributed by atoms with E-state index >= 15 is 0 Å². The molecule has 190 valence electrons. The minimum atomic E-state index is -1.56. The zero-order chi connectivity index (χ0) is 25.5. The van der Waals surface area contributed by atoms with E-state index in [1.165, 1.54) is 7.11 Å². The molecule has 1 aliphatic heterocycles. The topological polar surface area (TPSA) is 123 Å².